The molecular weight excluding hydrogens is 338 g/mol. The lowest BCUT2D eigenvalue weighted by Crippen LogP contribution is -2.35. The number of hydrogen-bond donors (Lipinski definition) is 0. The van der Waals surface area contributed by atoms with Crippen LogP contribution < -0.4 is 0 Å². The quantitative estimate of drug-likeness (QED) is 0.699. The largest absolute Gasteiger partial charge is 0.382 e. The fourth-order valence-electron chi connectivity index (χ4n) is 2.98. The van der Waals surface area contributed by atoms with Crippen LogP contribution in [0, 0.1) is 0 Å². The van der Waals surface area contributed by atoms with E-state index in [1.54, 1.807) is 25.3 Å². The molecule has 1 unspecified atom stereocenters. The Morgan fingerprint density at radius 1 is 1.32 bits per heavy atom. The molecule has 2 aromatic heterocycles. The van der Waals surface area contributed by atoms with Gasteiger partial charge in [-0.05, 0) is 30.3 Å². The van der Waals surface area contributed by atoms with Gasteiger partial charge in [-0.15, -0.1) is 0 Å². The van der Waals surface area contributed by atoms with Crippen LogP contribution in [0.25, 0.3) is 10.9 Å². The van der Waals surface area contributed by atoms with E-state index in [1.807, 2.05) is 54.1 Å². The van der Waals surface area contributed by atoms with Crippen LogP contribution in [0.1, 0.15) is 22.2 Å². The summed E-state index contributed by atoms with van der Waals surface area (Å²) in [7, 11) is 5.25. The fraction of sp³-hybridized carbons (Fsp3) is 0.263. The minimum absolute atomic E-state index is 0.109. The van der Waals surface area contributed by atoms with E-state index in [-0.39, 0.29) is 11.9 Å². The lowest BCUT2D eigenvalue weighted by atomic mass is 10.1. The van der Waals surface area contributed by atoms with E-state index in [0.29, 0.717) is 17.3 Å². The van der Waals surface area contributed by atoms with E-state index in [0.717, 1.165) is 16.6 Å². The molecule has 0 aliphatic heterocycles. The van der Waals surface area contributed by atoms with Crippen molar-refractivity contribution in [3.8, 4) is 0 Å². The summed E-state index contributed by atoms with van der Waals surface area (Å²) in [6.07, 6.45) is 1.72. The summed E-state index contributed by atoms with van der Waals surface area (Å²) < 4.78 is 7.18. The number of rotatable bonds is 5. The van der Waals surface area contributed by atoms with Gasteiger partial charge < -0.3 is 14.2 Å². The number of benzene rings is 1. The SMILES string of the molecule is COCC(c1ccccn1)N(C)C(=O)c1cc2c(Cl)cccc2n1C. The van der Waals surface area contributed by atoms with E-state index in [4.69, 9.17) is 16.3 Å². The Morgan fingerprint density at radius 3 is 2.76 bits per heavy atom. The van der Waals surface area contributed by atoms with Gasteiger partial charge in [0, 0.05) is 43.3 Å². The second-order valence-corrected chi connectivity index (χ2v) is 6.31. The summed E-state index contributed by atoms with van der Waals surface area (Å²) >= 11 is 6.27. The highest BCUT2D eigenvalue weighted by Crippen LogP contribution is 2.28. The number of amides is 1. The van der Waals surface area contributed by atoms with Gasteiger partial charge in [-0.2, -0.15) is 0 Å². The molecule has 0 N–H and O–H groups in total. The number of nitrogens with zero attached hydrogens (tertiary/aromatic N) is 3. The van der Waals surface area contributed by atoms with Crippen LogP contribution in [0.5, 0.6) is 0 Å². The zero-order chi connectivity index (χ0) is 18.0. The van der Waals surface area contributed by atoms with Gasteiger partial charge in [-0.1, -0.05) is 23.7 Å². The molecule has 1 amide bonds. The van der Waals surface area contributed by atoms with Gasteiger partial charge in [0.05, 0.1) is 18.3 Å². The van der Waals surface area contributed by atoms with E-state index in [2.05, 4.69) is 4.98 Å². The van der Waals surface area contributed by atoms with E-state index >= 15 is 0 Å². The van der Waals surface area contributed by atoms with Crippen molar-refractivity contribution in [1.29, 1.82) is 0 Å². The minimum atomic E-state index is -0.271. The number of methoxy groups -OCH3 is 1. The van der Waals surface area contributed by atoms with Crippen molar-refractivity contribution in [3.05, 3.63) is 65.1 Å². The Hall–Kier alpha value is -2.37. The molecule has 0 radical (unpaired) electrons. The second kappa shape index (κ2) is 7.25. The average molecular weight is 358 g/mol. The van der Waals surface area contributed by atoms with Crippen LogP contribution >= 0.6 is 11.6 Å². The molecule has 3 rings (SSSR count). The maximum Gasteiger partial charge on any atom is 0.270 e. The number of hydrogen-bond acceptors (Lipinski definition) is 3. The number of carbonyl (C=O) groups is 1. The highest BCUT2D eigenvalue weighted by molar-refractivity contribution is 6.35. The number of ether oxygens (including phenoxy) is 1. The fourth-order valence-corrected chi connectivity index (χ4v) is 3.20. The monoisotopic (exact) mass is 357 g/mol. The number of aryl methyl sites for hydroxylation is 1. The van der Waals surface area contributed by atoms with Crippen molar-refractivity contribution in [2.75, 3.05) is 20.8 Å². The minimum Gasteiger partial charge on any atom is -0.382 e. The zero-order valence-electron chi connectivity index (χ0n) is 14.4. The van der Waals surface area contributed by atoms with Crippen LogP contribution in [-0.2, 0) is 11.8 Å². The van der Waals surface area contributed by atoms with E-state index in [1.165, 1.54) is 0 Å². The predicted molar refractivity (Wildman–Crippen MR) is 98.9 cm³/mol. The van der Waals surface area contributed by atoms with Gasteiger partial charge in [0.1, 0.15) is 5.69 Å². The lowest BCUT2D eigenvalue weighted by molar-refractivity contribution is 0.0586. The molecular formula is C19H20ClN3O2. The number of halogens is 1. The number of pyridine rings is 1. The Kier molecular flexibility index (Phi) is 5.06. The smallest absolute Gasteiger partial charge is 0.270 e. The molecule has 6 heteroatoms. The molecule has 0 aliphatic rings. The summed E-state index contributed by atoms with van der Waals surface area (Å²) in [4.78, 5) is 19.1. The molecule has 0 aliphatic carbocycles. The Morgan fingerprint density at radius 2 is 2.12 bits per heavy atom. The van der Waals surface area contributed by atoms with Gasteiger partial charge in [-0.3, -0.25) is 9.78 Å². The van der Waals surface area contributed by atoms with Crippen LogP contribution in [0.15, 0.2) is 48.7 Å². The Balaban J connectivity index is 1.99. The molecule has 0 spiro atoms. The van der Waals surface area contributed by atoms with Crippen LogP contribution in [-0.4, -0.2) is 41.1 Å². The van der Waals surface area contributed by atoms with Crippen molar-refractivity contribution in [2.24, 2.45) is 7.05 Å². The third-order valence-corrected chi connectivity index (χ3v) is 4.72. The first-order valence-electron chi connectivity index (χ1n) is 7.95. The van der Waals surface area contributed by atoms with Gasteiger partial charge in [-0.25, -0.2) is 0 Å². The molecule has 5 nitrogen and oxygen atoms in total. The molecule has 0 bridgehead atoms. The Bertz CT molecular complexity index is 892. The standard InChI is InChI=1S/C19H20ClN3O2/c1-22-16-9-6-7-14(20)13(16)11-17(22)19(24)23(2)18(12-25-3)15-8-4-5-10-21-15/h4-11,18H,12H2,1-3H3. The maximum atomic E-state index is 13.1. The Labute approximate surface area is 151 Å². The third kappa shape index (κ3) is 3.25. The highest BCUT2D eigenvalue weighted by atomic mass is 35.5. The molecule has 0 fully saturated rings. The van der Waals surface area contributed by atoms with Crippen LogP contribution in [0.4, 0.5) is 0 Å². The van der Waals surface area contributed by atoms with Crippen molar-refractivity contribution < 1.29 is 9.53 Å². The summed E-state index contributed by atoms with van der Waals surface area (Å²) in [5.74, 6) is -0.109. The maximum absolute atomic E-state index is 13.1. The molecule has 3 aromatic rings. The zero-order valence-corrected chi connectivity index (χ0v) is 15.2. The van der Waals surface area contributed by atoms with Crippen molar-refractivity contribution in [3.63, 3.8) is 0 Å². The van der Waals surface area contributed by atoms with Crippen LogP contribution in [0.2, 0.25) is 5.02 Å². The topological polar surface area (TPSA) is 47.4 Å². The van der Waals surface area contributed by atoms with Crippen molar-refractivity contribution in [1.82, 2.24) is 14.5 Å². The summed E-state index contributed by atoms with van der Waals surface area (Å²) in [5.41, 5.74) is 2.28. The van der Waals surface area contributed by atoms with Gasteiger partial charge in [0.2, 0.25) is 0 Å². The summed E-state index contributed by atoms with van der Waals surface area (Å²) in [6.45, 7) is 0.365. The first kappa shape index (κ1) is 17.5. The average Bonchev–Trinajstić information content (AvgIpc) is 2.97. The van der Waals surface area contributed by atoms with Gasteiger partial charge in [0.15, 0.2) is 0 Å². The molecule has 25 heavy (non-hydrogen) atoms. The molecule has 130 valence electrons. The second-order valence-electron chi connectivity index (χ2n) is 5.90. The molecule has 2 heterocycles. The van der Waals surface area contributed by atoms with Crippen LogP contribution in [0.3, 0.4) is 0 Å². The molecule has 0 saturated carbocycles. The number of fused-ring (bicyclic) bond motifs is 1. The number of likely N-dealkylation sites (N-methyl/N-ethyl adjacent to an activating group) is 1. The first-order chi connectivity index (χ1) is 12.0. The van der Waals surface area contributed by atoms with Crippen molar-refractivity contribution in [2.45, 2.75) is 6.04 Å². The van der Waals surface area contributed by atoms with Gasteiger partial charge in [0.25, 0.3) is 5.91 Å². The lowest BCUT2D eigenvalue weighted by Gasteiger charge is -2.27. The molecule has 1 aromatic carbocycles. The number of aromatic nitrogens is 2. The molecule has 1 atom stereocenters. The van der Waals surface area contributed by atoms with E-state index in [9.17, 15) is 4.79 Å². The van der Waals surface area contributed by atoms with Gasteiger partial charge >= 0.3 is 0 Å². The summed E-state index contributed by atoms with van der Waals surface area (Å²) in [5, 5.41) is 1.50. The van der Waals surface area contributed by atoms with Crippen molar-refractivity contribution >= 4 is 28.4 Å². The first-order valence-corrected chi connectivity index (χ1v) is 8.33. The predicted octanol–water partition coefficient (Wildman–Crippen LogP) is 3.69. The number of carbonyl (C=O) groups excluding carboxylic acids is 1. The molecule has 0 saturated heterocycles. The normalized spacial score (nSPS) is 12.3. The summed E-state index contributed by atoms with van der Waals surface area (Å²) in [6, 6.07) is 12.9. The third-order valence-electron chi connectivity index (χ3n) is 4.39. The highest BCUT2D eigenvalue weighted by Gasteiger charge is 2.26. The van der Waals surface area contributed by atoms with E-state index < -0.39 is 0 Å².